The maximum atomic E-state index is 12.8. The third kappa shape index (κ3) is 6.22. The van der Waals surface area contributed by atoms with Crippen molar-refractivity contribution < 1.29 is 14.3 Å². The maximum absolute atomic E-state index is 12.8. The number of ether oxygens (including phenoxy) is 2. The number of fused-ring (bicyclic) bond motifs is 1. The number of rotatable bonds is 9. The Hall–Kier alpha value is -2.07. The Balaban J connectivity index is 1.67. The second kappa shape index (κ2) is 11.0. The number of carbonyl (C=O) groups excluding carboxylic acids is 1. The Morgan fingerprint density at radius 1 is 1.42 bits per heavy atom. The SMILES string of the molecule is COCCCn1c(=S)[nH]c2cc(C(=O)NCC3CN(CC(C)C)CCO3)ccc2c1=O. The van der Waals surface area contributed by atoms with Crippen LogP contribution in [-0.2, 0) is 16.0 Å². The van der Waals surface area contributed by atoms with E-state index >= 15 is 0 Å². The van der Waals surface area contributed by atoms with Gasteiger partial charge in [-0.15, -0.1) is 0 Å². The average molecular weight is 449 g/mol. The molecule has 1 fully saturated rings. The summed E-state index contributed by atoms with van der Waals surface area (Å²) in [7, 11) is 1.62. The van der Waals surface area contributed by atoms with Crippen LogP contribution >= 0.6 is 12.2 Å². The van der Waals surface area contributed by atoms with E-state index in [1.807, 2.05) is 0 Å². The number of aromatic amines is 1. The molecule has 1 aliphatic rings. The van der Waals surface area contributed by atoms with Crippen LogP contribution in [0.4, 0.5) is 0 Å². The molecule has 8 nitrogen and oxygen atoms in total. The molecule has 1 aromatic heterocycles. The summed E-state index contributed by atoms with van der Waals surface area (Å²) in [6.07, 6.45) is 0.666. The first-order valence-corrected chi connectivity index (χ1v) is 11.2. The van der Waals surface area contributed by atoms with E-state index in [2.05, 4.69) is 29.0 Å². The van der Waals surface area contributed by atoms with Gasteiger partial charge in [0.2, 0.25) is 0 Å². The predicted molar refractivity (Wildman–Crippen MR) is 123 cm³/mol. The molecule has 170 valence electrons. The summed E-state index contributed by atoms with van der Waals surface area (Å²) in [6.45, 7) is 9.33. The van der Waals surface area contributed by atoms with Gasteiger partial charge >= 0.3 is 0 Å². The van der Waals surface area contributed by atoms with Crippen LogP contribution in [0.15, 0.2) is 23.0 Å². The molecular weight excluding hydrogens is 416 g/mol. The van der Waals surface area contributed by atoms with E-state index in [0.717, 1.165) is 19.6 Å². The monoisotopic (exact) mass is 448 g/mol. The molecule has 3 rings (SSSR count). The fourth-order valence-corrected chi connectivity index (χ4v) is 4.14. The van der Waals surface area contributed by atoms with Crippen LogP contribution in [0.25, 0.3) is 10.9 Å². The first-order valence-electron chi connectivity index (χ1n) is 10.8. The van der Waals surface area contributed by atoms with Crippen LogP contribution in [0.1, 0.15) is 30.6 Å². The van der Waals surface area contributed by atoms with Crippen molar-refractivity contribution in [3.8, 4) is 0 Å². The number of carbonyl (C=O) groups is 1. The summed E-state index contributed by atoms with van der Waals surface area (Å²) in [5.74, 6) is 0.399. The molecule has 9 heteroatoms. The molecule has 1 saturated heterocycles. The molecule has 1 amide bonds. The largest absolute Gasteiger partial charge is 0.385 e. The van der Waals surface area contributed by atoms with Crippen molar-refractivity contribution in [3.05, 3.63) is 38.9 Å². The van der Waals surface area contributed by atoms with E-state index in [9.17, 15) is 9.59 Å². The number of benzene rings is 1. The van der Waals surface area contributed by atoms with Gasteiger partial charge in [-0.25, -0.2) is 0 Å². The minimum atomic E-state index is -0.199. The van der Waals surface area contributed by atoms with Gasteiger partial charge in [0.15, 0.2) is 4.77 Å². The fraction of sp³-hybridized carbons (Fsp3) is 0.591. The molecule has 0 bridgehead atoms. The summed E-state index contributed by atoms with van der Waals surface area (Å²) in [6, 6.07) is 5.02. The highest BCUT2D eigenvalue weighted by atomic mass is 32.1. The zero-order valence-electron chi connectivity index (χ0n) is 18.5. The van der Waals surface area contributed by atoms with E-state index in [-0.39, 0.29) is 17.6 Å². The van der Waals surface area contributed by atoms with Crippen molar-refractivity contribution in [2.24, 2.45) is 5.92 Å². The highest BCUT2D eigenvalue weighted by Crippen LogP contribution is 2.12. The second-order valence-electron chi connectivity index (χ2n) is 8.35. The average Bonchev–Trinajstić information content (AvgIpc) is 2.74. The lowest BCUT2D eigenvalue weighted by Gasteiger charge is -2.33. The summed E-state index contributed by atoms with van der Waals surface area (Å²) < 4.78 is 12.7. The van der Waals surface area contributed by atoms with Gasteiger partial charge in [-0.2, -0.15) is 0 Å². The lowest BCUT2D eigenvalue weighted by atomic mass is 10.1. The first-order chi connectivity index (χ1) is 14.9. The molecule has 0 radical (unpaired) electrons. The molecule has 0 aliphatic carbocycles. The molecule has 2 heterocycles. The van der Waals surface area contributed by atoms with E-state index in [1.54, 1.807) is 25.3 Å². The van der Waals surface area contributed by atoms with Gasteiger partial charge < -0.3 is 19.8 Å². The number of aromatic nitrogens is 2. The Bertz CT molecular complexity index is 1020. The van der Waals surface area contributed by atoms with E-state index in [1.165, 1.54) is 4.57 Å². The van der Waals surface area contributed by atoms with E-state index in [4.69, 9.17) is 21.7 Å². The third-order valence-electron chi connectivity index (χ3n) is 5.31. The van der Waals surface area contributed by atoms with Crippen molar-refractivity contribution >= 4 is 29.0 Å². The van der Waals surface area contributed by atoms with Crippen molar-refractivity contribution in [2.75, 3.05) is 46.5 Å². The standard InChI is InChI=1S/C22H32N4O4S/c1-15(2)13-25-8-10-30-17(14-25)12-23-20(27)16-5-6-18-19(11-16)24-22(31)26(21(18)28)7-4-9-29-3/h5-6,11,15,17H,4,7-10,12-14H2,1-3H3,(H,23,27)(H,24,31). The number of methoxy groups -OCH3 is 1. The second-order valence-corrected chi connectivity index (χ2v) is 8.74. The summed E-state index contributed by atoms with van der Waals surface area (Å²) in [5, 5.41) is 3.46. The summed E-state index contributed by atoms with van der Waals surface area (Å²) in [4.78, 5) is 30.9. The summed E-state index contributed by atoms with van der Waals surface area (Å²) in [5.41, 5.74) is 0.870. The van der Waals surface area contributed by atoms with Crippen molar-refractivity contribution in [2.45, 2.75) is 32.9 Å². The quantitative estimate of drug-likeness (QED) is 0.452. The molecule has 1 aliphatic heterocycles. The molecular formula is C22H32N4O4S. The van der Waals surface area contributed by atoms with Crippen LogP contribution in [-0.4, -0.2) is 73.0 Å². The number of nitrogens with zero attached hydrogens (tertiary/aromatic N) is 2. The number of H-pyrrole nitrogens is 1. The molecule has 0 saturated carbocycles. The zero-order chi connectivity index (χ0) is 22.4. The van der Waals surface area contributed by atoms with Crippen molar-refractivity contribution in [1.29, 1.82) is 0 Å². The van der Waals surface area contributed by atoms with E-state index in [0.29, 0.717) is 59.9 Å². The smallest absolute Gasteiger partial charge is 0.262 e. The van der Waals surface area contributed by atoms with Gasteiger partial charge in [-0.1, -0.05) is 13.8 Å². The van der Waals surface area contributed by atoms with Gasteiger partial charge in [0.1, 0.15) is 0 Å². The van der Waals surface area contributed by atoms with Crippen LogP contribution in [0, 0.1) is 10.7 Å². The molecule has 1 atom stereocenters. The van der Waals surface area contributed by atoms with Crippen LogP contribution in [0.2, 0.25) is 0 Å². The van der Waals surface area contributed by atoms with Gasteiger partial charge in [0.05, 0.1) is 23.6 Å². The number of morpholine rings is 1. The zero-order valence-corrected chi connectivity index (χ0v) is 19.3. The Kier molecular flexibility index (Phi) is 8.36. The van der Waals surface area contributed by atoms with Gasteiger partial charge in [0, 0.05) is 52.0 Å². The highest BCUT2D eigenvalue weighted by Gasteiger charge is 2.21. The molecule has 31 heavy (non-hydrogen) atoms. The van der Waals surface area contributed by atoms with Crippen LogP contribution < -0.4 is 10.9 Å². The van der Waals surface area contributed by atoms with Gasteiger partial charge in [0.25, 0.3) is 11.5 Å². The molecule has 2 N–H and O–H groups in total. The third-order valence-corrected chi connectivity index (χ3v) is 5.63. The molecule has 0 spiro atoms. The number of hydrogen-bond acceptors (Lipinski definition) is 6. The highest BCUT2D eigenvalue weighted by molar-refractivity contribution is 7.71. The Labute approximate surface area is 187 Å². The van der Waals surface area contributed by atoms with Crippen LogP contribution in [0.3, 0.4) is 0 Å². The fourth-order valence-electron chi connectivity index (χ4n) is 3.86. The normalized spacial score (nSPS) is 17.4. The maximum Gasteiger partial charge on any atom is 0.262 e. The lowest BCUT2D eigenvalue weighted by molar-refractivity contribution is -0.0295. The minimum absolute atomic E-state index is 0.0259. The van der Waals surface area contributed by atoms with Gasteiger partial charge in [-0.05, 0) is 42.8 Å². The van der Waals surface area contributed by atoms with Crippen molar-refractivity contribution in [1.82, 2.24) is 19.8 Å². The van der Waals surface area contributed by atoms with E-state index < -0.39 is 0 Å². The predicted octanol–water partition coefficient (Wildman–Crippen LogP) is 2.18. The van der Waals surface area contributed by atoms with Crippen LogP contribution in [0.5, 0.6) is 0 Å². The number of hydrogen-bond donors (Lipinski definition) is 2. The number of nitrogens with one attached hydrogen (secondary N) is 2. The molecule has 1 aromatic carbocycles. The summed E-state index contributed by atoms with van der Waals surface area (Å²) >= 11 is 5.35. The Morgan fingerprint density at radius 3 is 2.97 bits per heavy atom. The number of amides is 1. The molecule has 2 aromatic rings. The van der Waals surface area contributed by atoms with Crippen molar-refractivity contribution in [3.63, 3.8) is 0 Å². The molecule has 1 unspecified atom stereocenters. The Morgan fingerprint density at radius 2 is 2.23 bits per heavy atom. The first kappa shape index (κ1) is 23.6. The van der Waals surface area contributed by atoms with Gasteiger partial charge in [-0.3, -0.25) is 19.1 Å². The minimum Gasteiger partial charge on any atom is -0.385 e. The topological polar surface area (TPSA) is 88.6 Å². The lowest BCUT2D eigenvalue weighted by Crippen LogP contribution is -2.48.